The third-order valence-corrected chi connectivity index (χ3v) is 5.00. The SMILES string of the molecule is CCNc1ncc(Cl)c(SCC2(CC(=O)OC)CC2)n1. The summed E-state index contributed by atoms with van der Waals surface area (Å²) in [7, 11) is 1.43. The molecule has 1 aliphatic rings. The molecule has 0 unspecified atom stereocenters. The number of hydrogen-bond acceptors (Lipinski definition) is 6. The monoisotopic (exact) mass is 315 g/mol. The fourth-order valence-corrected chi connectivity index (χ4v) is 3.27. The van der Waals surface area contributed by atoms with Crippen molar-refractivity contribution in [1.82, 2.24) is 9.97 Å². The summed E-state index contributed by atoms with van der Waals surface area (Å²) in [4.78, 5) is 19.9. The molecule has 1 N–H and O–H groups in total. The average Bonchev–Trinajstić information content (AvgIpc) is 3.19. The zero-order valence-corrected chi connectivity index (χ0v) is 13.2. The van der Waals surface area contributed by atoms with Crippen molar-refractivity contribution in [3.63, 3.8) is 0 Å². The summed E-state index contributed by atoms with van der Waals surface area (Å²) in [5.41, 5.74) is 0.0599. The predicted molar refractivity (Wildman–Crippen MR) is 80.2 cm³/mol. The van der Waals surface area contributed by atoms with Gasteiger partial charge >= 0.3 is 5.97 Å². The zero-order chi connectivity index (χ0) is 14.6. The van der Waals surface area contributed by atoms with Crippen LogP contribution in [0.3, 0.4) is 0 Å². The number of thioether (sulfide) groups is 1. The minimum Gasteiger partial charge on any atom is -0.469 e. The smallest absolute Gasteiger partial charge is 0.306 e. The lowest BCUT2D eigenvalue weighted by atomic mass is 10.1. The van der Waals surface area contributed by atoms with Crippen LogP contribution in [-0.4, -0.2) is 35.3 Å². The molecular formula is C13H18ClN3O2S. The second-order valence-corrected chi connectivity index (χ2v) is 6.29. The first kappa shape index (κ1) is 15.4. The Morgan fingerprint density at radius 1 is 1.60 bits per heavy atom. The summed E-state index contributed by atoms with van der Waals surface area (Å²) in [6, 6.07) is 0. The van der Waals surface area contributed by atoms with Crippen molar-refractivity contribution in [1.29, 1.82) is 0 Å². The molecule has 0 saturated heterocycles. The van der Waals surface area contributed by atoms with Gasteiger partial charge in [-0.1, -0.05) is 11.6 Å². The first-order valence-electron chi connectivity index (χ1n) is 6.54. The van der Waals surface area contributed by atoms with Crippen molar-refractivity contribution >= 4 is 35.3 Å². The Labute approximate surface area is 127 Å². The molecule has 5 nitrogen and oxygen atoms in total. The molecule has 1 aromatic rings. The van der Waals surface area contributed by atoms with E-state index in [0.29, 0.717) is 17.4 Å². The molecule has 1 saturated carbocycles. The van der Waals surface area contributed by atoms with Crippen LogP contribution in [0.15, 0.2) is 11.2 Å². The second kappa shape index (κ2) is 6.63. The van der Waals surface area contributed by atoms with Crippen molar-refractivity contribution in [2.75, 3.05) is 24.7 Å². The Morgan fingerprint density at radius 3 is 2.95 bits per heavy atom. The molecule has 2 rings (SSSR count). The lowest BCUT2D eigenvalue weighted by Gasteiger charge is -2.13. The molecule has 0 aliphatic heterocycles. The minimum absolute atomic E-state index is 0.0599. The average molecular weight is 316 g/mol. The van der Waals surface area contributed by atoms with Gasteiger partial charge in [0.2, 0.25) is 5.95 Å². The van der Waals surface area contributed by atoms with Gasteiger partial charge in [0, 0.05) is 12.3 Å². The second-order valence-electron chi connectivity index (χ2n) is 4.92. The van der Waals surface area contributed by atoms with Gasteiger partial charge < -0.3 is 10.1 Å². The lowest BCUT2D eigenvalue weighted by molar-refractivity contribution is -0.141. The van der Waals surface area contributed by atoms with Crippen LogP contribution >= 0.6 is 23.4 Å². The van der Waals surface area contributed by atoms with Crippen LogP contribution < -0.4 is 5.32 Å². The van der Waals surface area contributed by atoms with E-state index in [-0.39, 0.29) is 11.4 Å². The molecule has 1 aromatic heterocycles. The van der Waals surface area contributed by atoms with E-state index >= 15 is 0 Å². The van der Waals surface area contributed by atoms with Gasteiger partial charge in [0.25, 0.3) is 0 Å². The van der Waals surface area contributed by atoms with Gasteiger partial charge in [-0.3, -0.25) is 4.79 Å². The Balaban J connectivity index is 1.96. The normalized spacial score (nSPS) is 15.8. The van der Waals surface area contributed by atoms with E-state index in [4.69, 9.17) is 16.3 Å². The topological polar surface area (TPSA) is 64.1 Å². The van der Waals surface area contributed by atoms with Crippen LogP contribution in [0.4, 0.5) is 5.95 Å². The van der Waals surface area contributed by atoms with E-state index in [1.54, 1.807) is 18.0 Å². The largest absolute Gasteiger partial charge is 0.469 e. The van der Waals surface area contributed by atoms with Crippen LogP contribution in [0.25, 0.3) is 0 Å². The fourth-order valence-electron chi connectivity index (χ4n) is 1.84. The number of esters is 1. The van der Waals surface area contributed by atoms with Crippen LogP contribution in [0.5, 0.6) is 0 Å². The highest BCUT2D eigenvalue weighted by molar-refractivity contribution is 7.99. The molecule has 0 spiro atoms. The number of hydrogen-bond donors (Lipinski definition) is 1. The summed E-state index contributed by atoms with van der Waals surface area (Å²) in [6.45, 7) is 2.75. The third-order valence-electron chi connectivity index (χ3n) is 3.27. The van der Waals surface area contributed by atoms with Gasteiger partial charge in [0.05, 0.1) is 24.8 Å². The quantitative estimate of drug-likeness (QED) is 0.474. The molecule has 0 amide bonds. The highest BCUT2D eigenvalue weighted by atomic mass is 35.5. The molecule has 110 valence electrons. The summed E-state index contributed by atoms with van der Waals surface area (Å²) in [5.74, 6) is 1.26. The van der Waals surface area contributed by atoms with Crippen LogP contribution in [0.2, 0.25) is 5.02 Å². The fraction of sp³-hybridized carbons (Fsp3) is 0.615. The number of rotatable bonds is 7. The molecule has 1 heterocycles. The number of aromatic nitrogens is 2. The van der Waals surface area contributed by atoms with Crippen molar-refractivity contribution in [3.8, 4) is 0 Å². The van der Waals surface area contributed by atoms with Gasteiger partial charge in [-0.15, -0.1) is 11.8 Å². The predicted octanol–water partition coefficient (Wildman–Crippen LogP) is 3.00. The van der Waals surface area contributed by atoms with Crippen LogP contribution in [-0.2, 0) is 9.53 Å². The molecule has 7 heteroatoms. The summed E-state index contributed by atoms with van der Waals surface area (Å²) in [5, 5.41) is 4.37. The highest BCUT2D eigenvalue weighted by Crippen LogP contribution is 2.52. The Kier molecular flexibility index (Phi) is 5.10. The van der Waals surface area contributed by atoms with E-state index in [1.807, 2.05) is 6.92 Å². The number of carbonyl (C=O) groups excluding carboxylic acids is 1. The maximum atomic E-state index is 11.4. The molecular weight excluding hydrogens is 298 g/mol. The van der Waals surface area contributed by atoms with Gasteiger partial charge in [-0.25, -0.2) is 9.97 Å². The van der Waals surface area contributed by atoms with Crippen molar-refractivity contribution < 1.29 is 9.53 Å². The first-order chi connectivity index (χ1) is 9.58. The number of nitrogens with zero attached hydrogens (tertiary/aromatic N) is 2. The van der Waals surface area contributed by atoms with E-state index in [0.717, 1.165) is 30.2 Å². The number of nitrogens with one attached hydrogen (secondary N) is 1. The lowest BCUT2D eigenvalue weighted by Crippen LogP contribution is -2.13. The number of ether oxygens (including phenoxy) is 1. The molecule has 1 fully saturated rings. The molecule has 20 heavy (non-hydrogen) atoms. The number of anilines is 1. The van der Waals surface area contributed by atoms with E-state index in [2.05, 4.69) is 15.3 Å². The maximum Gasteiger partial charge on any atom is 0.306 e. The summed E-state index contributed by atoms with van der Waals surface area (Å²) >= 11 is 7.69. The number of methoxy groups -OCH3 is 1. The number of halogens is 1. The molecule has 1 aliphatic carbocycles. The van der Waals surface area contributed by atoms with E-state index in [1.165, 1.54) is 7.11 Å². The van der Waals surface area contributed by atoms with Gasteiger partial charge in [0.1, 0.15) is 5.03 Å². The summed E-state index contributed by atoms with van der Waals surface area (Å²) < 4.78 is 4.74. The molecule has 0 atom stereocenters. The van der Waals surface area contributed by atoms with Crippen LogP contribution in [0.1, 0.15) is 26.2 Å². The first-order valence-corrected chi connectivity index (χ1v) is 7.91. The van der Waals surface area contributed by atoms with Crippen molar-refractivity contribution in [2.24, 2.45) is 5.41 Å². The van der Waals surface area contributed by atoms with Crippen LogP contribution in [0, 0.1) is 5.41 Å². The van der Waals surface area contributed by atoms with E-state index in [9.17, 15) is 4.79 Å². The van der Waals surface area contributed by atoms with E-state index < -0.39 is 0 Å². The maximum absolute atomic E-state index is 11.4. The van der Waals surface area contributed by atoms with Gasteiger partial charge in [-0.2, -0.15) is 0 Å². The molecule has 0 bridgehead atoms. The third kappa shape index (κ3) is 3.99. The highest BCUT2D eigenvalue weighted by Gasteiger charge is 2.44. The Bertz CT molecular complexity index is 495. The zero-order valence-electron chi connectivity index (χ0n) is 11.6. The van der Waals surface area contributed by atoms with Gasteiger partial charge in [0.15, 0.2) is 0 Å². The Morgan fingerprint density at radius 2 is 2.35 bits per heavy atom. The Hall–Kier alpha value is -1.01. The molecule has 0 radical (unpaired) electrons. The van der Waals surface area contributed by atoms with Crippen molar-refractivity contribution in [2.45, 2.75) is 31.2 Å². The van der Waals surface area contributed by atoms with Gasteiger partial charge in [-0.05, 0) is 25.2 Å². The minimum atomic E-state index is -0.148. The van der Waals surface area contributed by atoms with Crippen molar-refractivity contribution in [3.05, 3.63) is 11.2 Å². The number of carbonyl (C=O) groups is 1. The standard InChI is InChI=1S/C13H18ClN3O2S/c1-3-15-12-16-7-9(14)11(17-12)20-8-13(4-5-13)6-10(18)19-2/h7H,3-6,8H2,1-2H3,(H,15,16,17). The summed E-state index contributed by atoms with van der Waals surface area (Å²) in [6.07, 6.45) is 4.18. The molecule has 0 aromatic carbocycles.